The molecule has 0 atom stereocenters. The zero-order chi connectivity index (χ0) is 12.9. The number of benzene rings is 1. The molecule has 0 heterocycles. The number of aryl methyl sites for hydroxylation is 1. The maximum absolute atomic E-state index is 11.6. The van der Waals surface area contributed by atoms with Crippen LogP contribution in [0.1, 0.15) is 39.2 Å². The van der Waals surface area contributed by atoms with Gasteiger partial charge in [-0.25, -0.2) is 0 Å². The van der Waals surface area contributed by atoms with E-state index in [1.807, 2.05) is 45.0 Å². The molecular weight excluding hydrogens is 212 g/mol. The van der Waals surface area contributed by atoms with E-state index in [4.69, 9.17) is 5.73 Å². The van der Waals surface area contributed by atoms with Crippen LogP contribution in [0.25, 0.3) is 0 Å². The summed E-state index contributed by atoms with van der Waals surface area (Å²) in [5.74, 6) is 0.118. The van der Waals surface area contributed by atoms with Crippen LogP contribution in [0.3, 0.4) is 0 Å². The average Bonchev–Trinajstić information content (AvgIpc) is 2.18. The topological polar surface area (TPSA) is 55.1 Å². The van der Waals surface area contributed by atoms with Crippen LogP contribution in [-0.4, -0.2) is 11.4 Å². The number of carbonyl (C=O) groups excluding carboxylic acids is 1. The molecule has 1 aromatic carbocycles. The lowest BCUT2D eigenvalue weighted by molar-refractivity contribution is -0.122. The van der Waals surface area contributed by atoms with E-state index in [1.54, 1.807) is 0 Å². The summed E-state index contributed by atoms with van der Waals surface area (Å²) in [6.07, 6.45) is 2.35. The molecule has 0 radical (unpaired) electrons. The summed E-state index contributed by atoms with van der Waals surface area (Å²) in [6.45, 7) is 5.97. The maximum Gasteiger partial charge on any atom is 0.220 e. The first kappa shape index (κ1) is 13.6. The number of hydrogen-bond donors (Lipinski definition) is 2. The Bertz CT molecular complexity index is 363. The predicted molar refractivity (Wildman–Crippen MR) is 71.7 cm³/mol. The predicted octanol–water partition coefficient (Wildman–Crippen LogP) is 2.51. The average molecular weight is 234 g/mol. The van der Waals surface area contributed by atoms with Crippen molar-refractivity contribution in [2.24, 2.45) is 0 Å². The normalized spacial score (nSPS) is 11.2. The number of anilines is 1. The lowest BCUT2D eigenvalue weighted by atomic mass is 10.1. The Morgan fingerprint density at radius 2 is 1.82 bits per heavy atom. The van der Waals surface area contributed by atoms with Crippen LogP contribution >= 0.6 is 0 Å². The van der Waals surface area contributed by atoms with Gasteiger partial charge in [-0.15, -0.1) is 0 Å². The van der Waals surface area contributed by atoms with Crippen molar-refractivity contribution in [2.45, 2.75) is 45.6 Å². The number of rotatable bonds is 4. The van der Waals surface area contributed by atoms with Gasteiger partial charge in [-0.1, -0.05) is 12.1 Å². The van der Waals surface area contributed by atoms with Gasteiger partial charge in [0, 0.05) is 17.6 Å². The quantitative estimate of drug-likeness (QED) is 0.786. The molecule has 0 saturated carbocycles. The number of carbonyl (C=O) groups is 1. The maximum atomic E-state index is 11.6. The molecule has 3 nitrogen and oxygen atoms in total. The number of hydrogen-bond acceptors (Lipinski definition) is 2. The number of nitrogens with one attached hydrogen (secondary N) is 1. The Morgan fingerprint density at radius 3 is 2.35 bits per heavy atom. The van der Waals surface area contributed by atoms with Gasteiger partial charge in [-0.3, -0.25) is 4.79 Å². The molecular formula is C14H22N2O. The van der Waals surface area contributed by atoms with Gasteiger partial charge in [0.15, 0.2) is 0 Å². The van der Waals surface area contributed by atoms with E-state index in [0.29, 0.717) is 6.42 Å². The molecule has 0 unspecified atom stereocenters. The molecule has 0 aliphatic heterocycles. The molecule has 0 fully saturated rings. The van der Waals surface area contributed by atoms with Gasteiger partial charge in [0.25, 0.3) is 0 Å². The van der Waals surface area contributed by atoms with Crippen LogP contribution in [0, 0.1) is 0 Å². The minimum Gasteiger partial charge on any atom is -0.399 e. The minimum absolute atomic E-state index is 0.118. The fraction of sp³-hybridized carbons (Fsp3) is 0.500. The van der Waals surface area contributed by atoms with Crippen molar-refractivity contribution in [3.63, 3.8) is 0 Å². The van der Waals surface area contributed by atoms with Crippen molar-refractivity contribution in [3.05, 3.63) is 29.8 Å². The Balaban J connectivity index is 2.28. The van der Waals surface area contributed by atoms with Crippen LogP contribution in [0.4, 0.5) is 5.69 Å². The summed E-state index contributed by atoms with van der Waals surface area (Å²) in [6, 6.07) is 7.81. The smallest absolute Gasteiger partial charge is 0.220 e. The summed E-state index contributed by atoms with van der Waals surface area (Å²) in [4.78, 5) is 11.6. The summed E-state index contributed by atoms with van der Waals surface area (Å²) in [5, 5.41) is 2.96. The highest BCUT2D eigenvalue weighted by Crippen LogP contribution is 2.09. The van der Waals surface area contributed by atoms with Gasteiger partial charge >= 0.3 is 0 Å². The second-order valence-electron chi connectivity index (χ2n) is 5.39. The second kappa shape index (κ2) is 5.71. The lowest BCUT2D eigenvalue weighted by Crippen LogP contribution is -2.40. The molecule has 0 aromatic heterocycles. The summed E-state index contributed by atoms with van der Waals surface area (Å²) in [5.41, 5.74) is 7.47. The number of nitrogen functional groups attached to an aromatic ring is 1. The zero-order valence-corrected chi connectivity index (χ0v) is 10.9. The van der Waals surface area contributed by atoms with Crippen molar-refractivity contribution in [3.8, 4) is 0 Å². The van der Waals surface area contributed by atoms with Gasteiger partial charge in [0.1, 0.15) is 0 Å². The first-order valence-electron chi connectivity index (χ1n) is 6.02. The first-order chi connectivity index (χ1) is 7.87. The molecule has 3 N–H and O–H groups in total. The Hall–Kier alpha value is -1.51. The highest BCUT2D eigenvalue weighted by Gasteiger charge is 2.12. The molecule has 0 saturated heterocycles. The fourth-order valence-electron chi connectivity index (χ4n) is 1.62. The fourth-order valence-corrected chi connectivity index (χ4v) is 1.62. The van der Waals surface area contributed by atoms with Crippen LogP contribution < -0.4 is 11.1 Å². The second-order valence-corrected chi connectivity index (χ2v) is 5.39. The van der Waals surface area contributed by atoms with E-state index in [1.165, 1.54) is 5.56 Å². The Morgan fingerprint density at radius 1 is 1.24 bits per heavy atom. The molecule has 1 rings (SSSR count). The Labute approximate surface area is 103 Å². The molecule has 1 amide bonds. The van der Waals surface area contributed by atoms with Gasteiger partial charge in [-0.05, 0) is 51.3 Å². The molecule has 94 valence electrons. The van der Waals surface area contributed by atoms with Crippen molar-refractivity contribution >= 4 is 11.6 Å². The molecule has 17 heavy (non-hydrogen) atoms. The third-order valence-corrected chi connectivity index (χ3v) is 2.36. The summed E-state index contributed by atoms with van der Waals surface area (Å²) in [7, 11) is 0. The van der Waals surface area contributed by atoms with E-state index >= 15 is 0 Å². The molecule has 3 heteroatoms. The van der Waals surface area contributed by atoms with Crippen molar-refractivity contribution in [2.75, 3.05) is 5.73 Å². The van der Waals surface area contributed by atoms with Crippen molar-refractivity contribution in [1.29, 1.82) is 0 Å². The van der Waals surface area contributed by atoms with Crippen LogP contribution in [0.15, 0.2) is 24.3 Å². The number of nitrogens with two attached hydrogens (primary N) is 1. The summed E-state index contributed by atoms with van der Waals surface area (Å²) >= 11 is 0. The highest BCUT2D eigenvalue weighted by atomic mass is 16.1. The molecule has 0 bridgehead atoms. The van der Waals surface area contributed by atoms with Crippen LogP contribution in [-0.2, 0) is 11.2 Å². The van der Waals surface area contributed by atoms with Crippen LogP contribution in [0.5, 0.6) is 0 Å². The molecule has 0 spiro atoms. The lowest BCUT2D eigenvalue weighted by Gasteiger charge is -2.20. The summed E-state index contributed by atoms with van der Waals surface area (Å²) < 4.78 is 0. The monoisotopic (exact) mass is 234 g/mol. The third-order valence-electron chi connectivity index (χ3n) is 2.36. The standard InChI is InChI=1S/C14H22N2O/c1-14(2,3)16-13(17)6-4-5-11-7-9-12(15)10-8-11/h7-10H,4-6,15H2,1-3H3,(H,16,17). The third kappa shape index (κ3) is 5.95. The zero-order valence-electron chi connectivity index (χ0n) is 10.9. The van der Waals surface area contributed by atoms with Gasteiger partial charge < -0.3 is 11.1 Å². The SMILES string of the molecule is CC(C)(C)NC(=O)CCCc1ccc(N)cc1. The van der Waals surface area contributed by atoms with E-state index in [-0.39, 0.29) is 11.4 Å². The van der Waals surface area contributed by atoms with E-state index in [0.717, 1.165) is 18.5 Å². The van der Waals surface area contributed by atoms with E-state index in [2.05, 4.69) is 5.32 Å². The van der Waals surface area contributed by atoms with Crippen LogP contribution in [0.2, 0.25) is 0 Å². The largest absolute Gasteiger partial charge is 0.399 e. The van der Waals surface area contributed by atoms with E-state index in [9.17, 15) is 4.79 Å². The van der Waals surface area contributed by atoms with E-state index < -0.39 is 0 Å². The molecule has 0 aliphatic rings. The van der Waals surface area contributed by atoms with Gasteiger partial charge in [0.05, 0.1) is 0 Å². The molecule has 1 aromatic rings. The van der Waals surface area contributed by atoms with Crippen molar-refractivity contribution in [1.82, 2.24) is 5.32 Å². The van der Waals surface area contributed by atoms with Gasteiger partial charge in [-0.2, -0.15) is 0 Å². The highest BCUT2D eigenvalue weighted by molar-refractivity contribution is 5.76. The minimum atomic E-state index is -0.141. The number of amides is 1. The Kier molecular flexibility index (Phi) is 4.55. The molecule has 0 aliphatic carbocycles. The van der Waals surface area contributed by atoms with Crippen molar-refractivity contribution < 1.29 is 4.79 Å². The van der Waals surface area contributed by atoms with Gasteiger partial charge in [0.2, 0.25) is 5.91 Å². The first-order valence-corrected chi connectivity index (χ1v) is 6.02.